The number of phosphoric acid groups is 1. The Kier molecular flexibility index (Phi) is 33.0. The van der Waals surface area contributed by atoms with E-state index < -0.39 is 7.82 Å². The Morgan fingerprint density at radius 1 is 0.415 bits per heavy atom. The van der Waals surface area contributed by atoms with E-state index in [0.717, 1.165) is 38.6 Å². The molecule has 1 atom stereocenters. The van der Waals surface area contributed by atoms with Gasteiger partial charge in [-0.15, -0.1) is 0 Å². The van der Waals surface area contributed by atoms with Crippen molar-refractivity contribution in [1.29, 1.82) is 0 Å². The monoisotopic (exact) mass is 604 g/mol. The van der Waals surface area contributed by atoms with Gasteiger partial charge < -0.3 is 9.79 Å². The molecule has 0 aromatic rings. The van der Waals surface area contributed by atoms with Crippen molar-refractivity contribution in [3.8, 4) is 0 Å². The third-order valence-electron chi connectivity index (χ3n) is 8.28. The number of nitrogens with zero attached hydrogens (tertiary/aromatic N) is 1. The lowest BCUT2D eigenvalue weighted by Gasteiger charge is -2.22. The fraction of sp³-hybridized carbons (Fsp3) is 1.00. The molecule has 1 N–H and O–H groups in total. The van der Waals surface area contributed by atoms with Crippen molar-refractivity contribution in [2.24, 2.45) is 0 Å². The van der Waals surface area contributed by atoms with Crippen molar-refractivity contribution in [3.05, 3.63) is 0 Å². The zero-order valence-electron chi connectivity index (χ0n) is 28.2. The summed E-state index contributed by atoms with van der Waals surface area (Å²) in [6.45, 7) is 11.0. The van der Waals surface area contributed by atoms with E-state index >= 15 is 0 Å². The number of phosphoric ester groups is 1. The SMILES string of the molecule is CCCCCCCCCCCN(CCCCCCCCCCC)CCCCCOP(=O)(O)OCCCCCCCC. The Bertz CT molecular complexity index is 526. The van der Waals surface area contributed by atoms with Crippen molar-refractivity contribution in [3.63, 3.8) is 0 Å². The fourth-order valence-corrected chi connectivity index (χ4v) is 6.32. The molecule has 0 rings (SSSR count). The van der Waals surface area contributed by atoms with Crippen LogP contribution in [-0.4, -0.2) is 42.6 Å². The number of unbranched alkanes of at least 4 members (excludes halogenated alkanes) is 23. The highest BCUT2D eigenvalue weighted by Crippen LogP contribution is 2.43. The van der Waals surface area contributed by atoms with Gasteiger partial charge in [-0.1, -0.05) is 156 Å². The van der Waals surface area contributed by atoms with Crippen LogP contribution in [0, 0.1) is 0 Å². The van der Waals surface area contributed by atoms with E-state index in [9.17, 15) is 9.46 Å². The fourth-order valence-electron chi connectivity index (χ4n) is 5.52. The Labute approximate surface area is 257 Å². The smallest absolute Gasteiger partial charge is 0.303 e. The van der Waals surface area contributed by atoms with Gasteiger partial charge >= 0.3 is 7.82 Å². The molecule has 0 aliphatic heterocycles. The molecule has 0 heterocycles. The van der Waals surface area contributed by atoms with Gasteiger partial charge in [0.1, 0.15) is 0 Å². The maximum absolute atomic E-state index is 12.1. The van der Waals surface area contributed by atoms with Gasteiger partial charge in [0, 0.05) is 0 Å². The van der Waals surface area contributed by atoms with Crippen LogP contribution in [0.25, 0.3) is 0 Å². The Morgan fingerprint density at radius 2 is 0.659 bits per heavy atom. The van der Waals surface area contributed by atoms with E-state index in [1.165, 1.54) is 154 Å². The summed E-state index contributed by atoms with van der Waals surface area (Å²) in [4.78, 5) is 12.6. The van der Waals surface area contributed by atoms with Gasteiger partial charge in [0.15, 0.2) is 0 Å². The van der Waals surface area contributed by atoms with Gasteiger partial charge in [-0.2, -0.15) is 0 Å². The molecule has 5 nitrogen and oxygen atoms in total. The first-order valence-electron chi connectivity index (χ1n) is 18.4. The predicted octanol–water partition coefficient (Wildman–Crippen LogP) is 12.0. The van der Waals surface area contributed by atoms with Crippen LogP contribution in [0.4, 0.5) is 0 Å². The summed E-state index contributed by atoms with van der Waals surface area (Å²) in [5, 5.41) is 0. The second-order valence-corrected chi connectivity index (χ2v) is 13.9. The normalized spacial score (nSPS) is 13.3. The molecular weight excluding hydrogens is 529 g/mol. The second-order valence-electron chi connectivity index (χ2n) is 12.5. The van der Waals surface area contributed by atoms with Gasteiger partial charge in [-0.3, -0.25) is 9.05 Å². The first-order valence-corrected chi connectivity index (χ1v) is 19.9. The summed E-state index contributed by atoms with van der Waals surface area (Å²) in [5.74, 6) is 0. The van der Waals surface area contributed by atoms with Crippen molar-refractivity contribution in [2.75, 3.05) is 32.8 Å². The predicted molar refractivity (Wildman–Crippen MR) is 180 cm³/mol. The summed E-state index contributed by atoms with van der Waals surface area (Å²) in [6, 6.07) is 0. The second kappa shape index (κ2) is 33.0. The molecule has 0 aliphatic carbocycles. The Morgan fingerprint density at radius 3 is 0.976 bits per heavy atom. The molecule has 0 aromatic heterocycles. The molecule has 0 aromatic carbocycles. The quantitative estimate of drug-likeness (QED) is 0.0577. The van der Waals surface area contributed by atoms with E-state index in [1.807, 2.05) is 0 Å². The summed E-state index contributed by atoms with van der Waals surface area (Å²) >= 11 is 0. The van der Waals surface area contributed by atoms with E-state index in [-0.39, 0.29) is 0 Å². The van der Waals surface area contributed by atoms with Gasteiger partial charge in [0.25, 0.3) is 0 Å². The highest BCUT2D eigenvalue weighted by molar-refractivity contribution is 7.47. The van der Waals surface area contributed by atoms with E-state index in [1.54, 1.807) is 0 Å². The molecule has 0 saturated carbocycles. The standard InChI is InChI=1S/C35H74NO4P/c1-4-7-10-13-16-18-20-22-26-31-36(32-27-23-21-19-17-14-11-8-5-2)33-28-25-30-35-40-41(37,38)39-34-29-24-15-12-9-6-3/h4-35H2,1-3H3,(H,37,38). The van der Waals surface area contributed by atoms with Gasteiger partial charge in [-0.05, 0) is 58.2 Å². The molecule has 41 heavy (non-hydrogen) atoms. The van der Waals surface area contributed by atoms with E-state index in [0.29, 0.717) is 13.2 Å². The molecule has 1 unspecified atom stereocenters. The Hall–Kier alpha value is 0.0700. The molecule has 0 amide bonds. The largest absolute Gasteiger partial charge is 0.472 e. The lowest BCUT2D eigenvalue weighted by atomic mass is 10.1. The van der Waals surface area contributed by atoms with Crippen molar-refractivity contribution in [2.45, 2.75) is 194 Å². The average molecular weight is 604 g/mol. The highest BCUT2D eigenvalue weighted by Gasteiger charge is 2.20. The van der Waals surface area contributed by atoms with Crippen LogP contribution < -0.4 is 0 Å². The van der Waals surface area contributed by atoms with Crippen molar-refractivity contribution in [1.82, 2.24) is 4.90 Å². The minimum absolute atomic E-state index is 0.306. The minimum atomic E-state index is -3.90. The lowest BCUT2D eigenvalue weighted by Crippen LogP contribution is -2.27. The molecule has 0 fully saturated rings. The topological polar surface area (TPSA) is 59.0 Å². The van der Waals surface area contributed by atoms with Crippen LogP contribution in [0.1, 0.15) is 194 Å². The van der Waals surface area contributed by atoms with Crippen LogP contribution >= 0.6 is 7.82 Å². The maximum Gasteiger partial charge on any atom is 0.472 e. The molecule has 0 saturated heterocycles. The van der Waals surface area contributed by atoms with Crippen LogP contribution in [-0.2, 0) is 13.6 Å². The van der Waals surface area contributed by atoms with Gasteiger partial charge in [0.05, 0.1) is 13.2 Å². The van der Waals surface area contributed by atoms with Crippen molar-refractivity contribution >= 4 is 7.82 Å². The zero-order valence-corrected chi connectivity index (χ0v) is 29.1. The molecule has 0 spiro atoms. The molecule has 0 bridgehead atoms. The van der Waals surface area contributed by atoms with E-state index in [2.05, 4.69) is 25.7 Å². The van der Waals surface area contributed by atoms with Crippen LogP contribution in [0.3, 0.4) is 0 Å². The van der Waals surface area contributed by atoms with E-state index in [4.69, 9.17) is 9.05 Å². The first-order chi connectivity index (χ1) is 20.1. The average Bonchev–Trinajstić information content (AvgIpc) is 2.96. The molecule has 248 valence electrons. The first kappa shape index (κ1) is 41.1. The minimum Gasteiger partial charge on any atom is -0.303 e. The van der Waals surface area contributed by atoms with Crippen LogP contribution in [0.5, 0.6) is 0 Å². The lowest BCUT2D eigenvalue weighted by molar-refractivity contribution is 0.144. The van der Waals surface area contributed by atoms with Gasteiger partial charge in [-0.25, -0.2) is 4.57 Å². The summed E-state index contributed by atoms with van der Waals surface area (Å²) in [6.07, 6.45) is 34.6. The third-order valence-corrected chi connectivity index (χ3v) is 9.30. The maximum atomic E-state index is 12.1. The number of hydrogen-bond acceptors (Lipinski definition) is 4. The molecule has 6 heteroatoms. The summed E-state index contributed by atoms with van der Waals surface area (Å²) < 4.78 is 22.5. The summed E-state index contributed by atoms with van der Waals surface area (Å²) in [5.41, 5.74) is 0. The number of rotatable bonds is 35. The van der Waals surface area contributed by atoms with Crippen LogP contribution in [0.15, 0.2) is 0 Å². The van der Waals surface area contributed by atoms with Crippen molar-refractivity contribution < 1.29 is 18.5 Å². The zero-order chi connectivity index (χ0) is 30.1. The molecule has 0 aliphatic rings. The van der Waals surface area contributed by atoms with Gasteiger partial charge in [0.2, 0.25) is 0 Å². The molecular formula is C35H74NO4P. The highest BCUT2D eigenvalue weighted by atomic mass is 31.2. The Balaban J connectivity index is 4.05. The molecule has 0 radical (unpaired) electrons. The van der Waals surface area contributed by atoms with Crippen LogP contribution in [0.2, 0.25) is 0 Å². The third kappa shape index (κ3) is 32.8. The summed E-state index contributed by atoms with van der Waals surface area (Å²) in [7, 11) is -3.90. The number of hydrogen-bond donors (Lipinski definition) is 1.